The van der Waals surface area contributed by atoms with Crippen LogP contribution < -0.4 is 10.1 Å². The van der Waals surface area contributed by atoms with Crippen LogP contribution in [0.5, 0.6) is 5.75 Å². The molecule has 0 aliphatic carbocycles. The molecule has 0 spiro atoms. The van der Waals surface area contributed by atoms with Gasteiger partial charge in [0.2, 0.25) is 0 Å². The van der Waals surface area contributed by atoms with Crippen LogP contribution in [0.4, 0.5) is 0 Å². The van der Waals surface area contributed by atoms with Crippen molar-refractivity contribution in [2.75, 3.05) is 20.3 Å². The third-order valence-electron chi connectivity index (χ3n) is 3.37. The van der Waals surface area contributed by atoms with Gasteiger partial charge in [0.1, 0.15) is 5.75 Å². The Bertz CT molecular complexity index is 398. The summed E-state index contributed by atoms with van der Waals surface area (Å²) in [5.74, 6) is 0.897. The molecule has 0 fully saturated rings. The Morgan fingerprint density at radius 1 is 1.14 bits per heavy atom. The van der Waals surface area contributed by atoms with Crippen LogP contribution in [0.3, 0.4) is 0 Å². The Hall–Kier alpha value is -1.06. The molecule has 21 heavy (non-hydrogen) atoms. The molecule has 3 nitrogen and oxygen atoms in total. The zero-order valence-electron chi connectivity index (χ0n) is 14.2. The highest BCUT2D eigenvalue weighted by atomic mass is 16.5. The maximum absolute atomic E-state index is 6.13. The van der Waals surface area contributed by atoms with E-state index in [0.29, 0.717) is 0 Å². The van der Waals surface area contributed by atoms with Gasteiger partial charge in [-0.2, -0.15) is 0 Å². The fourth-order valence-electron chi connectivity index (χ4n) is 2.17. The first kappa shape index (κ1) is 18.0. The van der Waals surface area contributed by atoms with Crippen molar-refractivity contribution >= 4 is 0 Å². The number of nitrogens with one attached hydrogen (secondary N) is 1. The van der Waals surface area contributed by atoms with Crippen molar-refractivity contribution in [3.05, 3.63) is 29.8 Å². The van der Waals surface area contributed by atoms with Gasteiger partial charge in [-0.1, -0.05) is 38.0 Å². The van der Waals surface area contributed by atoms with Crippen LogP contribution in [0, 0.1) is 0 Å². The quantitative estimate of drug-likeness (QED) is 0.687. The summed E-state index contributed by atoms with van der Waals surface area (Å²) < 4.78 is 11.6. The summed E-state index contributed by atoms with van der Waals surface area (Å²) in [5, 5.41) is 3.53. The van der Waals surface area contributed by atoms with Gasteiger partial charge in [0, 0.05) is 24.3 Å². The van der Waals surface area contributed by atoms with Crippen LogP contribution in [0.1, 0.15) is 58.6 Å². The van der Waals surface area contributed by atoms with Crippen molar-refractivity contribution in [2.45, 2.75) is 58.6 Å². The van der Waals surface area contributed by atoms with Gasteiger partial charge in [-0.05, 0) is 33.3 Å². The number of rotatable bonds is 9. The molecule has 0 aromatic heterocycles. The summed E-state index contributed by atoms with van der Waals surface area (Å²) in [4.78, 5) is 0. The second-order valence-corrected chi connectivity index (χ2v) is 6.44. The molecule has 1 aromatic carbocycles. The molecule has 0 heterocycles. The fourth-order valence-corrected chi connectivity index (χ4v) is 2.17. The minimum atomic E-state index is 0.0252. The zero-order valence-corrected chi connectivity index (χ0v) is 14.2. The topological polar surface area (TPSA) is 30.5 Å². The van der Waals surface area contributed by atoms with Crippen molar-refractivity contribution in [3.8, 4) is 5.75 Å². The van der Waals surface area contributed by atoms with E-state index in [2.05, 4.69) is 39.1 Å². The maximum Gasteiger partial charge on any atom is 0.124 e. The van der Waals surface area contributed by atoms with E-state index in [0.717, 1.165) is 30.9 Å². The molecule has 1 rings (SSSR count). The summed E-state index contributed by atoms with van der Waals surface area (Å²) in [6.45, 7) is 10.3. The smallest absolute Gasteiger partial charge is 0.124 e. The predicted molar refractivity (Wildman–Crippen MR) is 89.0 cm³/mol. The average molecular weight is 293 g/mol. The molecule has 0 aliphatic rings. The van der Waals surface area contributed by atoms with Crippen LogP contribution in [0.25, 0.3) is 0 Å². The molecule has 1 aromatic rings. The molecule has 0 amide bonds. The van der Waals surface area contributed by atoms with Gasteiger partial charge in [0.25, 0.3) is 0 Å². The number of para-hydroxylation sites is 1. The molecular weight excluding hydrogens is 262 g/mol. The number of ether oxygens (including phenoxy) is 2. The molecule has 0 bridgehead atoms. The highest BCUT2D eigenvalue weighted by molar-refractivity contribution is 5.35. The van der Waals surface area contributed by atoms with Gasteiger partial charge in [0.05, 0.1) is 13.2 Å². The lowest BCUT2D eigenvalue weighted by atomic mass is 10.0. The van der Waals surface area contributed by atoms with E-state index < -0.39 is 0 Å². The first-order valence-corrected chi connectivity index (χ1v) is 7.97. The summed E-state index contributed by atoms with van der Waals surface area (Å²) >= 11 is 0. The molecule has 1 atom stereocenters. The molecule has 0 saturated heterocycles. The van der Waals surface area contributed by atoms with Gasteiger partial charge < -0.3 is 14.8 Å². The van der Waals surface area contributed by atoms with Gasteiger partial charge in [-0.15, -0.1) is 0 Å². The third kappa shape index (κ3) is 6.96. The second kappa shape index (κ2) is 9.06. The van der Waals surface area contributed by atoms with E-state index in [1.807, 2.05) is 18.2 Å². The van der Waals surface area contributed by atoms with Crippen molar-refractivity contribution in [1.29, 1.82) is 0 Å². The van der Waals surface area contributed by atoms with Crippen molar-refractivity contribution < 1.29 is 9.47 Å². The van der Waals surface area contributed by atoms with Crippen molar-refractivity contribution in [1.82, 2.24) is 5.32 Å². The van der Waals surface area contributed by atoms with Gasteiger partial charge in [-0.25, -0.2) is 0 Å². The molecule has 0 radical (unpaired) electrons. The van der Waals surface area contributed by atoms with Crippen LogP contribution >= 0.6 is 0 Å². The summed E-state index contributed by atoms with van der Waals surface area (Å²) in [6, 6.07) is 8.12. The molecule has 0 saturated carbocycles. The normalized spacial score (nSPS) is 13.2. The summed E-state index contributed by atoms with van der Waals surface area (Å²) in [7, 11) is 1.71. The number of benzene rings is 1. The summed E-state index contributed by atoms with van der Waals surface area (Å²) in [6.07, 6.45) is 3.56. The molecule has 120 valence electrons. The van der Waals surface area contributed by atoms with Crippen molar-refractivity contribution in [2.24, 2.45) is 0 Å². The number of methoxy groups -OCH3 is 1. The van der Waals surface area contributed by atoms with E-state index in [1.165, 1.54) is 12.8 Å². The Morgan fingerprint density at radius 3 is 2.48 bits per heavy atom. The predicted octanol–water partition coefficient (Wildman–Crippen LogP) is 4.33. The molecule has 1 unspecified atom stereocenters. The van der Waals surface area contributed by atoms with E-state index in [1.54, 1.807) is 7.11 Å². The lowest BCUT2D eigenvalue weighted by Crippen LogP contribution is -2.39. The SMILES string of the molecule is CCCCCOC(CNC(C)(C)C)c1ccccc1OC. The van der Waals surface area contributed by atoms with Gasteiger partial charge in [0.15, 0.2) is 0 Å². The first-order chi connectivity index (χ1) is 9.98. The van der Waals surface area contributed by atoms with E-state index in [9.17, 15) is 0 Å². The van der Waals surface area contributed by atoms with Crippen LogP contribution in [0.15, 0.2) is 24.3 Å². The molecule has 1 N–H and O–H groups in total. The van der Waals surface area contributed by atoms with Crippen LogP contribution in [0.2, 0.25) is 0 Å². The Morgan fingerprint density at radius 2 is 1.86 bits per heavy atom. The highest BCUT2D eigenvalue weighted by Crippen LogP contribution is 2.27. The zero-order chi connectivity index (χ0) is 15.7. The highest BCUT2D eigenvalue weighted by Gasteiger charge is 2.19. The molecule has 0 aliphatic heterocycles. The van der Waals surface area contributed by atoms with Gasteiger partial charge >= 0.3 is 0 Å². The maximum atomic E-state index is 6.13. The minimum Gasteiger partial charge on any atom is -0.496 e. The van der Waals surface area contributed by atoms with Crippen molar-refractivity contribution in [3.63, 3.8) is 0 Å². The van der Waals surface area contributed by atoms with E-state index in [4.69, 9.17) is 9.47 Å². The monoisotopic (exact) mass is 293 g/mol. The Kier molecular flexibility index (Phi) is 7.76. The standard InChI is InChI=1S/C18H31NO2/c1-6-7-10-13-21-17(14-19-18(2,3)4)15-11-8-9-12-16(15)20-5/h8-9,11-12,17,19H,6-7,10,13-14H2,1-5H3. The number of hydrogen-bond acceptors (Lipinski definition) is 3. The average Bonchev–Trinajstić information content (AvgIpc) is 2.45. The Balaban J connectivity index is 2.74. The first-order valence-electron chi connectivity index (χ1n) is 7.97. The van der Waals surface area contributed by atoms with Gasteiger partial charge in [-0.3, -0.25) is 0 Å². The minimum absolute atomic E-state index is 0.0252. The fraction of sp³-hybridized carbons (Fsp3) is 0.667. The molecular formula is C18H31NO2. The summed E-state index contributed by atoms with van der Waals surface area (Å²) in [5.41, 5.74) is 1.20. The Labute approximate surface area is 130 Å². The number of unbranched alkanes of at least 4 members (excludes halogenated alkanes) is 2. The second-order valence-electron chi connectivity index (χ2n) is 6.44. The van der Waals surface area contributed by atoms with E-state index in [-0.39, 0.29) is 11.6 Å². The van der Waals surface area contributed by atoms with E-state index >= 15 is 0 Å². The number of hydrogen-bond donors (Lipinski definition) is 1. The van der Waals surface area contributed by atoms with Crippen LogP contribution in [-0.2, 0) is 4.74 Å². The lowest BCUT2D eigenvalue weighted by molar-refractivity contribution is 0.0443. The third-order valence-corrected chi connectivity index (χ3v) is 3.37. The van der Waals surface area contributed by atoms with Crippen LogP contribution in [-0.4, -0.2) is 25.8 Å². The largest absolute Gasteiger partial charge is 0.496 e. The lowest BCUT2D eigenvalue weighted by Gasteiger charge is -2.26. The molecule has 3 heteroatoms.